The lowest BCUT2D eigenvalue weighted by Gasteiger charge is -2.11. The van der Waals surface area contributed by atoms with Crippen molar-refractivity contribution in [2.75, 3.05) is 14.2 Å². The van der Waals surface area contributed by atoms with E-state index in [1.807, 2.05) is 50.2 Å². The number of aromatic nitrogens is 2. The van der Waals surface area contributed by atoms with Crippen LogP contribution in [0.5, 0.6) is 11.5 Å². The Morgan fingerprint density at radius 3 is 2.48 bits per heavy atom. The molecule has 3 aromatic rings. The highest BCUT2D eigenvalue weighted by Gasteiger charge is 2.12. The van der Waals surface area contributed by atoms with Gasteiger partial charge in [0.15, 0.2) is 11.5 Å². The summed E-state index contributed by atoms with van der Waals surface area (Å²) in [6.07, 6.45) is 0. The van der Waals surface area contributed by atoms with Crippen molar-refractivity contribution < 1.29 is 13.9 Å². The van der Waals surface area contributed by atoms with Gasteiger partial charge in [-0.1, -0.05) is 29.5 Å². The Balaban J connectivity index is 1.74. The average molecular weight is 356 g/mol. The summed E-state index contributed by atoms with van der Waals surface area (Å²) in [6.45, 7) is 4.08. The predicted octanol–water partition coefficient (Wildman–Crippen LogP) is 4.66. The van der Waals surface area contributed by atoms with Crippen LogP contribution in [-0.2, 0) is 5.75 Å². The average Bonchev–Trinajstić information content (AvgIpc) is 3.09. The zero-order valence-corrected chi connectivity index (χ0v) is 15.5. The molecule has 0 amide bonds. The zero-order valence-electron chi connectivity index (χ0n) is 14.7. The van der Waals surface area contributed by atoms with E-state index in [1.54, 1.807) is 14.2 Å². The smallest absolute Gasteiger partial charge is 0.277 e. The minimum absolute atomic E-state index is 0.537. The molecule has 0 bridgehead atoms. The van der Waals surface area contributed by atoms with Gasteiger partial charge in [0.2, 0.25) is 5.89 Å². The molecule has 3 rings (SSSR count). The van der Waals surface area contributed by atoms with Gasteiger partial charge in [-0.3, -0.25) is 0 Å². The lowest BCUT2D eigenvalue weighted by molar-refractivity contribution is 0.354. The summed E-state index contributed by atoms with van der Waals surface area (Å²) in [5.74, 6) is 2.69. The maximum Gasteiger partial charge on any atom is 0.277 e. The first-order chi connectivity index (χ1) is 12.1. The normalized spacial score (nSPS) is 10.7. The number of hydrogen-bond acceptors (Lipinski definition) is 6. The van der Waals surface area contributed by atoms with E-state index in [-0.39, 0.29) is 0 Å². The van der Waals surface area contributed by atoms with Crippen molar-refractivity contribution in [2.24, 2.45) is 0 Å². The van der Waals surface area contributed by atoms with E-state index >= 15 is 0 Å². The van der Waals surface area contributed by atoms with Gasteiger partial charge in [0.25, 0.3) is 5.22 Å². The van der Waals surface area contributed by atoms with E-state index in [0.717, 1.165) is 33.8 Å². The maximum absolute atomic E-state index is 5.77. The first kappa shape index (κ1) is 17.4. The number of thioether (sulfide) groups is 1. The quantitative estimate of drug-likeness (QED) is 0.599. The van der Waals surface area contributed by atoms with Crippen molar-refractivity contribution in [1.29, 1.82) is 0 Å². The molecule has 0 saturated heterocycles. The van der Waals surface area contributed by atoms with Crippen molar-refractivity contribution in [3.63, 3.8) is 0 Å². The summed E-state index contributed by atoms with van der Waals surface area (Å²) in [4.78, 5) is 0. The number of benzene rings is 2. The Hall–Kier alpha value is -2.47. The van der Waals surface area contributed by atoms with Crippen LogP contribution in [0.1, 0.15) is 16.7 Å². The fraction of sp³-hybridized carbons (Fsp3) is 0.263. The number of aryl methyl sites for hydroxylation is 2. The zero-order chi connectivity index (χ0) is 17.8. The first-order valence-electron chi connectivity index (χ1n) is 7.85. The van der Waals surface area contributed by atoms with Crippen LogP contribution < -0.4 is 9.47 Å². The van der Waals surface area contributed by atoms with Crippen LogP contribution in [-0.4, -0.2) is 24.4 Å². The number of ether oxygens (including phenoxy) is 2. The fourth-order valence-electron chi connectivity index (χ4n) is 2.48. The number of methoxy groups -OCH3 is 2. The molecule has 1 heterocycles. The SMILES string of the molecule is COc1cc(C)c(CSc2nnc(-c3cccc(C)c3)o2)cc1OC. The van der Waals surface area contributed by atoms with E-state index in [2.05, 4.69) is 10.2 Å². The Morgan fingerprint density at radius 1 is 1.00 bits per heavy atom. The Kier molecular flexibility index (Phi) is 5.28. The lowest BCUT2D eigenvalue weighted by Crippen LogP contribution is -1.95. The van der Waals surface area contributed by atoms with Gasteiger partial charge >= 0.3 is 0 Å². The van der Waals surface area contributed by atoms with Gasteiger partial charge in [-0.15, -0.1) is 10.2 Å². The van der Waals surface area contributed by atoms with E-state index in [4.69, 9.17) is 13.9 Å². The van der Waals surface area contributed by atoms with E-state index in [0.29, 0.717) is 16.9 Å². The molecule has 130 valence electrons. The van der Waals surface area contributed by atoms with Gasteiger partial charge in [-0.25, -0.2) is 0 Å². The summed E-state index contributed by atoms with van der Waals surface area (Å²) < 4.78 is 16.5. The molecule has 0 atom stereocenters. The van der Waals surface area contributed by atoms with Gasteiger partial charge in [0.05, 0.1) is 14.2 Å². The third-order valence-corrected chi connectivity index (χ3v) is 4.73. The summed E-state index contributed by atoms with van der Waals surface area (Å²) in [5.41, 5.74) is 4.36. The van der Waals surface area contributed by atoms with Gasteiger partial charge in [0.1, 0.15) is 0 Å². The molecular weight excluding hydrogens is 336 g/mol. The van der Waals surface area contributed by atoms with E-state index in [1.165, 1.54) is 11.8 Å². The monoisotopic (exact) mass is 356 g/mol. The summed E-state index contributed by atoms with van der Waals surface area (Å²) in [6, 6.07) is 12.0. The van der Waals surface area contributed by atoms with Gasteiger partial charge in [-0.2, -0.15) is 0 Å². The Morgan fingerprint density at radius 2 is 1.76 bits per heavy atom. The summed E-state index contributed by atoms with van der Waals surface area (Å²) in [5, 5.41) is 8.82. The van der Waals surface area contributed by atoms with Crippen molar-refractivity contribution >= 4 is 11.8 Å². The molecule has 0 radical (unpaired) electrons. The van der Waals surface area contributed by atoms with Crippen molar-refractivity contribution in [2.45, 2.75) is 24.8 Å². The van der Waals surface area contributed by atoms with Crippen LogP contribution in [0, 0.1) is 13.8 Å². The third-order valence-electron chi connectivity index (χ3n) is 3.86. The first-order valence-corrected chi connectivity index (χ1v) is 8.84. The van der Waals surface area contributed by atoms with Crippen LogP contribution in [0.25, 0.3) is 11.5 Å². The molecule has 5 nitrogen and oxygen atoms in total. The largest absolute Gasteiger partial charge is 0.493 e. The van der Waals surface area contributed by atoms with Crippen molar-refractivity contribution in [3.8, 4) is 23.0 Å². The number of rotatable bonds is 6. The van der Waals surface area contributed by atoms with Gasteiger partial charge in [-0.05, 0) is 49.2 Å². The van der Waals surface area contributed by atoms with Gasteiger partial charge < -0.3 is 13.9 Å². The second kappa shape index (κ2) is 7.61. The predicted molar refractivity (Wildman–Crippen MR) is 98.3 cm³/mol. The van der Waals surface area contributed by atoms with Crippen molar-refractivity contribution in [3.05, 3.63) is 53.1 Å². The van der Waals surface area contributed by atoms with E-state index in [9.17, 15) is 0 Å². The molecule has 0 aliphatic heterocycles. The molecule has 0 unspecified atom stereocenters. The molecule has 6 heteroatoms. The minimum Gasteiger partial charge on any atom is -0.493 e. The third kappa shape index (κ3) is 3.96. The molecule has 0 spiro atoms. The minimum atomic E-state index is 0.537. The topological polar surface area (TPSA) is 57.4 Å². The van der Waals surface area contributed by atoms with Crippen LogP contribution >= 0.6 is 11.8 Å². The van der Waals surface area contributed by atoms with Crippen molar-refractivity contribution in [1.82, 2.24) is 10.2 Å². The molecule has 0 saturated carbocycles. The highest BCUT2D eigenvalue weighted by Crippen LogP contribution is 2.33. The lowest BCUT2D eigenvalue weighted by atomic mass is 10.1. The van der Waals surface area contributed by atoms with Crippen LogP contribution in [0.2, 0.25) is 0 Å². The van der Waals surface area contributed by atoms with Crippen LogP contribution in [0.15, 0.2) is 46.0 Å². The molecular formula is C19H20N2O3S. The summed E-state index contributed by atoms with van der Waals surface area (Å²) >= 11 is 1.50. The Bertz CT molecular complexity index is 877. The molecule has 2 aromatic carbocycles. The molecule has 0 N–H and O–H groups in total. The van der Waals surface area contributed by atoms with E-state index < -0.39 is 0 Å². The standard InChI is InChI=1S/C19H20N2O3S/c1-12-6-5-7-14(8-12)18-20-21-19(24-18)25-11-15-10-17(23-4)16(22-3)9-13(15)2/h5-10H,11H2,1-4H3. The molecule has 0 fully saturated rings. The molecule has 25 heavy (non-hydrogen) atoms. The fourth-order valence-corrected chi connectivity index (χ4v) is 3.31. The molecule has 0 aliphatic rings. The molecule has 1 aromatic heterocycles. The van der Waals surface area contributed by atoms with Crippen LogP contribution in [0.4, 0.5) is 0 Å². The summed E-state index contributed by atoms with van der Waals surface area (Å²) in [7, 11) is 3.27. The highest BCUT2D eigenvalue weighted by molar-refractivity contribution is 7.98. The van der Waals surface area contributed by atoms with Crippen LogP contribution in [0.3, 0.4) is 0 Å². The Labute approximate surface area is 151 Å². The maximum atomic E-state index is 5.77. The number of hydrogen-bond donors (Lipinski definition) is 0. The highest BCUT2D eigenvalue weighted by atomic mass is 32.2. The number of nitrogens with zero attached hydrogens (tertiary/aromatic N) is 2. The second-order valence-electron chi connectivity index (χ2n) is 5.66. The molecule has 0 aliphatic carbocycles. The second-order valence-corrected chi connectivity index (χ2v) is 6.59. The van der Waals surface area contributed by atoms with Gasteiger partial charge in [0, 0.05) is 11.3 Å².